The van der Waals surface area contributed by atoms with Gasteiger partial charge in [-0.25, -0.2) is 8.42 Å². The van der Waals surface area contributed by atoms with E-state index < -0.39 is 10.0 Å². The van der Waals surface area contributed by atoms with Crippen molar-refractivity contribution < 1.29 is 22.7 Å². The van der Waals surface area contributed by atoms with Crippen LogP contribution in [0.5, 0.6) is 5.75 Å². The van der Waals surface area contributed by atoms with Crippen LogP contribution in [0, 0.1) is 5.92 Å². The van der Waals surface area contributed by atoms with E-state index in [0.717, 1.165) is 0 Å². The van der Waals surface area contributed by atoms with Crippen LogP contribution in [0.3, 0.4) is 0 Å². The zero-order chi connectivity index (χ0) is 23.3. The number of nitrogens with one attached hydrogen (secondary N) is 2. The molecule has 1 aliphatic rings. The Labute approximate surface area is 192 Å². The number of hydrogen-bond acceptors (Lipinski definition) is 5. The summed E-state index contributed by atoms with van der Waals surface area (Å²) >= 11 is 6.03. The summed E-state index contributed by atoms with van der Waals surface area (Å²) in [5.41, 5.74) is 1.42. The van der Waals surface area contributed by atoms with E-state index in [2.05, 4.69) is 10.0 Å². The fourth-order valence-corrected chi connectivity index (χ4v) is 4.29. The predicted molar refractivity (Wildman–Crippen MR) is 125 cm³/mol. The highest BCUT2D eigenvalue weighted by molar-refractivity contribution is 7.92. The molecule has 1 aliphatic heterocycles. The molecule has 8 nitrogen and oxygen atoms in total. The van der Waals surface area contributed by atoms with Gasteiger partial charge in [0.2, 0.25) is 15.9 Å². The van der Waals surface area contributed by atoms with E-state index in [-0.39, 0.29) is 23.5 Å². The molecule has 2 N–H and O–H groups in total. The highest BCUT2D eigenvalue weighted by Crippen LogP contribution is 2.27. The number of anilines is 2. The van der Waals surface area contributed by atoms with Crippen molar-refractivity contribution in [2.24, 2.45) is 5.92 Å². The molecular weight excluding hydrogens is 454 g/mol. The van der Waals surface area contributed by atoms with Gasteiger partial charge in [0.1, 0.15) is 5.75 Å². The first kappa shape index (κ1) is 23.9. The van der Waals surface area contributed by atoms with Gasteiger partial charge < -0.3 is 15.0 Å². The lowest BCUT2D eigenvalue weighted by Crippen LogP contribution is -2.41. The van der Waals surface area contributed by atoms with Gasteiger partial charge in [0, 0.05) is 35.4 Å². The zero-order valence-electron chi connectivity index (χ0n) is 17.9. The summed E-state index contributed by atoms with van der Waals surface area (Å²) < 4.78 is 31.0. The van der Waals surface area contributed by atoms with Crippen molar-refractivity contribution in [1.29, 1.82) is 0 Å². The van der Waals surface area contributed by atoms with E-state index in [1.807, 2.05) is 0 Å². The molecular formula is C22H26ClN3O5S. The molecule has 2 amide bonds. The maximum atomic E-state index is 12.9. The van der Waals surface area contributed by atoms with E-state index in [0.29, 0.717) is 53.6 Å². The van der Waals surface area contributed by atoms with Gasteiger partial charge in [0.05, 0.1) is 18.4 Å². The van der Waals surface area contributed by atoms with Gasteiger partial charge >= 0.3 is 0 Å². The lowest BCUT2D eigenvalue weighted by molar-refractivity contribution is -0.121. The second kappa shape index (κ2) is 10.2. The Morgan fingerprint density at radius 1 is 1.09 bits per heavy atom. The number of amides is 2. The minimum Gasteiger partial charge on any atom is -0.496 e. The molecule has 0 spiro atoms. The van der Waals surface area contributed by atoms with Crippen molar-refractivity contribution in [2.45, 2.75) is 19.8 Å². The first-order chi connectivity index (χ1) is 15.2. The Morgan fingerprint density at radius 2 is 1.72 bits per heavy atom. The zero-order valence-corrected chi connectivity index (χ0v) is 19.5. The lowest BCUT2D eigenvalue weighted by Gasteiger charge is -2.31. The van der Waals surface area contributed by atoms with Crippen molar-refractivity contribution in [1.82, 2.24) is 4.90 Å². The largest absolute Gasteiger partial charge is 0.496 e. The number of hydrogen-bond donors (Lipinski definition) is 2. The average molecular weight is 480 g/mol. The van der Waals surface area contributed by atoms with Gasteiger partial charge in [0.15, 0.2) is 0 Å². The molecule has 0 aliphatic carbocycles. The number of piperidine rings is 1. The topological polar surface area (TPSA) is 105 Å². The van der Waals surface area contributed by atoms with Crippen LogP contribution in [0.2, 0.25) is 5.02 Å². The van der Waals surface area contributed by atoms with Crippen LogP contribution in [0.1, 0.15) is 30.1 Å². The van der Waals surface area contributed by atoms with Gasteiger partial charge in [-0.05, 0) is 62.2 Å². The minimum atomic E-state index is -3.35. The molecule has 2 aromatic rings. The van der Waals surface area contributed by atoms with Crippen LogP contribution >= 0.6 is 11.6 Å². The van der Waals surface area contributed by atoms with Crippen LogP contribution in [0.15, 0.2) is 42.5 Å². The number of likely N-dealkylation sites (tertiary alicyclic amines) is 1. The molecule has 0 bridgehead atoms. The number of benzene rings is 2. The van der Waals surface area contributed by atoms with Crippen molar-refractivity contribution in [3.05, 3.63) is 53.1 Å². The fourth-order valence-electron chi connectivity index (χ4n) is 3.48. The number of rotatable bonds is 7. The molecule has 0 unspecified atom stereocenters. The molecule has 0 atom stereocenters. The third-order valence-electron chi connectivity index (χ3n) is 5.35. The summed E-state index contributed by atoms with van der Waals surface area (Å²) in [6.07, 6.45) is 1.07. The molecule has 172 valence electrons. The monoisotopic (exact) mass is 479 g/mol. The maximum absolute atomic E-state index is 12.9. The summed E-state index contributed by atoms with van der Waals surface area (Å²) in [6, 6.07) is 11.4. The van der Waals surface area contributed by atoms with Gasteiger partial charge in [-0.3, -0.25) is 14.3 Å². The highest BCUT2D eigenvalue weighted by Gasteiger charge is 2.29. The van der Waals surface area contributed by atoms with Gasteiger partial charge in [-0.1, -0.05) is 11.6 Å². The molecule has 32 heavy (non-hydrogen) atoms. The number of halogens is 1. The molecule has 2 aromatic carbocycles. The van der Waals surface area contributed by atoms with E-state index in [1.54, 1.807) is 54.3 Å². The number of nitrogens with zero attached hydrogens (tertiary/aromatic N) is 1. The number of carbonyl (C=O) groups is 2. The quantitative estimate of drug-likeness (QED) is 0.631. The Morgan fingerprint density at radius 3 is 2.31 bits per heavy atom. The van der Waals surface area contributed by atoms with E-state index >= 15 is 0 Å². The molecule has 1 heterocycles. The third kappa shape index (κ3) is 5.92. The lowest BCUT2D eigenvalue weighted by atomic mass is 9.95. The molecule has 10 heteroatoms. The van der Waals surface area contributed by atoms with Crippen molar-refractivity contribution in [3.8, 4) is 5.75 Å². The highest BCUT2D eigenvalue weighted by atomic mass is 35.5. The Hall–Kier alpha value is -2.78. The third-order valence-corrected chi connectivity index (χ3v) is 6.89. The summed E-state index contributed by atoms with van der Waals surface area (Å²) in [5.74, 6) is -0.0771. The van der Waals surface area contributed by atoms with Crippen molar-refractivity contribution in [3.63, 3.8) is 0 Å². The second-order valence-electron chi connectivity index (χ2n) is 7.48. The molecule has 0 radical (unpaired) electrons. The maximum Gasteiger partial charge on any atom is 0.257 e. The van der Waals surface area contributed by atoms with Gasteiger partial charge in [-0.2, -0.15) is 0 Å². The number of ether oxygens (including phenoxy) is 1. The van der Waals surface area contributed by atoms with Crippen LogP contribution < -0.4 is 14.8 Å². The normalized spacial score (nSPS) is 14.7. The van der Waals surface area contributed by atoms with E-state index in [4.69, 9.17) is 16.3 Å². The molecule has 1 saturated heterocycles. The summed E-state index contributed by atoms with van der Waals surface area (Å²) in [7, 11) is -1.85. The van der Waals surface area contributed by atoms with Gasteiger partial charge in [0.25, 0.3) is 5.91 Å². The molecule has 1 fully saturated rings. The first-order valence-corrected chi connectivity index (χ1v) is 12.3. The number of sulfonamides is 1. The van der Waals surface area contributed by atoms with Crippen LogP contribution in [0.4, 0.5) is 11.4 Å². The SMILES string of the molecule is CCS(=O)(=O)Nc1ccc(NC(=O)C2CCN(C(=O)c3cc(Cl)ccc3OC)CC2)cc1. The first-order valence-electron chi connectivity index (χ1n) is 10.3. The summed E-state index contributed by atoms with van der Waals surface area (Å²) in [4.78, 5) is 27.2. The van der Waals surface area contributed by atoms with Crippen molar-refractivity contribution >= 4 is 44.8 Å². The fraction of sp³-hybridized carbons (Fsp3) is 0.364. The molecule has 0 aromatic heterocycles. The van der Waals surface area contributed by atoms with Gasteiger partial charge in [-0.15, -0.1) is 0 Å². The Kier molecular flexibility index (Phi) is 7.63. The Bertz CT molecular complexity index is 1080. The second-order valence-corrected chi connectivity index (χ2v) is 9.93. The van der Waals surface area contributed by atoms with E-state index in [9.17, 15) is 18.0 Å². The van der Waals surface area contributed by atoms with Crippen molar-refractivity contribution in [2.75, 3.05) is 36.0 Å². The standard InChI is InChI=1S/C22H26ClN3O5S/c1-3-32(29,30)25-18-7-5-17(6-8-18)24-21(27)15-10-12-26(13-11-15)22(28)19-14-16(23)4-9-20(19)31-2/h4-9,14-15,25H,3,10-13H2,1-2H3,(H,24,27). The number of methoxy groups -OCH3 is 1. The number of carbonyl (C=O) groups excluding carboxylic acids is 2. The summed E-state index contributed by atoms with van der Waals surface area (Å²) in [5, 5.41) is 3.32. The Balaban J connectivity index is 1.56. The van der Waals surface area contributed by atoms with Crippen LogP contribution in [0.25, 0.3) is 0 Å². The predicted octanol–water partition coefficient (Wildman–Crippen LogP) is 3.60. The molecule has 3 rings (SSSR count). The summed E-state index contributed by atoms with van der Waals surface area (Å²) in [6.45, 7) is 2.45. The van der Waals surface area contributed by atoms with E-state index in [1.165, 1.54) is 7.11 Å². The molecule has 0 saturated carbocycles. The smallest absolute Gasteiger partial charge is 0.257 e. The minimum absolute atomic E-state index is 0.0171. The van der Waals surface area contributed by atoms with Crippen LogP contribution in [-0.2, 0) is 14.8 Å². The van der Waals surface area contributed by atoms with Crippen LogP contribution in [-0.4, -0.2) is 51.1 Å². The average Bonchev–Trinajstić information content (AvgIpc) is 2.79.